The van der Waals surface area contributed by atoms with Crippen molar-refractivity contribution < 1.29 is 68.7 Å². The number of hydrogen-bond donors (Lipinski definition) is 0. The van der Waals surface area contributed by atoms with E-state index in [-0.39, 0.29) is 51.4 Å². The average Bonchev–Trinajstić information content (AvgIpc) is 1.92. The van der Waals surface area contributed by atoms with Gasteiger partial charge in [-0.05, 0) is 0 Å². The summed E-state index contributed by atoms with van der Waals surface area (Å²) in [5.74, 6) is -1.51. The maximum absolute atomic E-state index is 12.6. The van der Waals surface area contributed by atoms with E-state index in [1.807, 2.05) is 0 Å². The zero-order valence-corrected chi connectivity index (χ0v) is 10.4. The van der Waals surface area contributed by atoms with Gasteiger partial charge < -0.3 is 12.9 Å². The SMILES string of the molecule is Fc1c([B-](F)(F)F)ccnc1Cl.[K+]. The fraction of sp³-hybridized carbons (Fsp3) is 0. The van der Waals surface area contributed by atoms with Gasteiger partial charge in [0.2, 0.25) is 0 Å². The summed E-state index contributed by atoms with van der Waals surface area (Å²) in [7, 11) is 0. The molecule has 8 heteroatoms. The summed E-state index contributed by atoms with van der Waals surface area (Å²) in [4.78, 5) is 3.15. The third kappa shape index (κ3) is 3.49. The van der Waals surface area contributed by atoms with Gasteiger partial charge in [0.25, 0.3) is 0 Å². The van der Waals surface area contributed by atoms with Crippen molar-refractivity contribution in [3.05, 3.63) is 23.2 Å². The molecule has 66 valence electrons. The molecule has 1 rings (SSSR count). The number of rotatable bonds is 1. The van der Waals surface area contributed by atoms with E-state index < -0.39 is 23.4 Å². The van der Waals surface area contributed by atoms with Gasteiger partial charge in [-0.25, -0.2) is 9.37 Å². The molecule has 0 saturated heterocycles. The summed E-state index contributed by atoms with van der Waals surface area (Å²) in [6, 6.07) is 0.557. The first-order chi connectivity index (χ1) is 5.43. The van der Waals surface area contributed by atoms with Gasteiger partial charge >= 0.3 is 58.4 Å². The molecule has 1 aromatic rings. The van der Waals surface area contributed by atoms with Crippen LogP contribution in [-0.4, -0.2) is 12.0 Å². The minimum atomic E-state index is -5.35. The summed E-state index contributed by atoms with van der Waals surface area (Å²) in [5, 5.41) is -0.758. The van der Waals surface area contributed by atoms with E-state index in [2.05, 4.69) is 4.98 Å². The van der Waals surface area contributed by atoms with Crippen molar-refractivity contribution in [2.75, 3.05) is 0 Å². The molecule has 1 heterocycles. The average molecular weight is 237 g/mol. The Balaban J connectivity index is 0.00000144. The monoisotopic (exact) mass is 237 g/mol. The quantitative estimate of drug-likeness (QED) is 0.344. The smallest absolute Gasteiger partial charge is 0.445 e. The van der Waals surface area contributed by atoms with Crippen LogP contribution in [0.1, 0.15) is 0 Å². The van der Waals surface area contributed by atoms with Crippen LogP contribution in [0.3, 0.4) is 0 Å². The summed E-state index contributed by atoms with van der Waals surface area (Å²) in [5.41, 5.74) is -1.34. The van der Waals surface area contributed by atoms with Gasteiger partial charge in [-0.3, -0.25) is 0 Å². The normalized spacial score (nSPS) is 10.8. The van der Waals surface area contributed by atoms with Crippen LogP contribution in [0.4, 0.5) is 17.3 Å². The van der Waals surface area contributed by atoms with Crippen molar-refractivity contribution in [1.82, 2.24) is 4.98 Å². The van der Waals surface area contributed by atoms with E-state index in [9.17, 15) is 17.3 Å². The molecule has 0 aliphatic heterocycles. The standard InChI is InChI=1S/C5H2BClF4N.K/c7-5-4(8)3(1-2-12-5)6(9,10)11;/h1-2H;/q-1;+1. The van der Waals surface area contributed by atoms with Crippen LogP contribution in [0.25, 0.3) is 0 Å². The molecule has 0 saturated carbocycles. The molecule has 0 N–H and O–H groups in total. The van der Waals surface area contributed by atoms with Crippen molar-refractivity contribution >= 4 is 24.0 Å². The molecule has 13 heavy (non-hydrogen) atoms. The van der Waals surface area contributed by atoms with Crippen LogP contribution in [0.5, 0.6) is 0 Å². The van der Waals surface area contributed by atoms with Crippen LogP contribution < -0.4 is 56.8 Å². The Bertz CT molecular complexity index is 305. The zero-order chi connectivity index (χ0) is 9.35. The van der Waals surface area contributed by atoms with Crippen molar-refractivity contribution in [2.45, 2.75) is 0 Å². The molecule has 0 spiro atoms. The van der Waals surface area contributed by atoms with E-state index in [0.29, 0.717) is 6.07 Å². The van der Waals surface area contributed by atoms with E-state index >= 15 is 0 Å². The van der Waals surface area contributed by atoms with Gasteiger partial charge in [0.15, 0.2) is 5.15 Å². The fourth-order valence-electron chi connectivity index (χ4n) is 0.685. The predicted octanol–water partition coefficient (Wildman–Crippen LogP) is -1.07. The first-order valence-corrected chi connectivity index (χ1v) is 3.30. The molecule has 0 unspecified atom stereocenters. The Morgan fingerprint density at radius 2 is 1.85 bits per heavy atom. The van der Waals surface area contributed by atoms with Crippen molar-refractivity contribution in [2.24, 2.45) is 0 Å². The summed E-state index contributed by atoms with van der Waals surface area (Å²) in [6.45, 7) is -5.35. The topological polar surface area (TPSA) is 12.9 Å². The molecule has 0 amide bonds. The first-order valence-electron chi connectivity index (χ1n) is 2.93. The maximum atomic E-state index is 12.6. The van der Waals surface area contributed by atoms with Gasteiger partial charge in [0.05, 0.1) is 0 Å². The number of pyridine rings is 1. The molecule has 0 bridgehead atoms. The minimum absolute atomic E-state index is 0. The second-order valence-electron chi connectivity index (χ2n) is 2.08. The molecular weight excluding hydrogens is 235 g/mol. The molecule has 0 fully saturated rings. The molecule has 0 atom stereocenters. The van der Waals surface area contributed by atoms with Crippen molar-refractivity contribution in [3.8, 4) is 0 Å². The van der Waals surface area contributed by atoms with E-state index in [4.69, 9.17) is 11.6 Å². The fourth-order valence-corrected chi connectivity index (χ4v) is 0.850. The Morgan fingerprint density at radius 3 is 2.23 bits per heavy atom. The zero-order valence-electron chi connectivity index (χ0n) is 6.57. The van der Waals surface area contributed by atoms with Crippen molar-refractivity contribution in [1.29, 1.82) is 0 Å². The summed E-state index contributed by atoms with van der Waals surface area (Å²) >= 11 is 5.04. The third-order valence-corrected chi connectivity index (χ3v) is 1.49. The van der Waals surface area contributed by atoms with Crippen molar-refractivity contribution in [3.63, 3.8) is 0 Å². The van der Waals surface area contributed by atoms with Gasteiger partial charge in [-0.1, -0.05) is 23.1 Å². The Hall–Kier alpha value is 0.861. The Morgan fingerprint density at radius 1 is 1.31 bits per heavy atom. The Labute approximate surface area is 119 Å². The summed E-state index contributed by atoms with van der Waals surface area (Å²) in [6.07, 6.45) is 0.815. The number of nitrogens with zero attached hydrogens (tertiary/aromatic N) is 1. The second kappa shape index (κ2) is 5.09. The van der Waals surface area contributed by atoms with E-state index in [1.165, 1.54) is 0 Å². The summed E-state index contributed by atoms with van der Waals surface area (Å²) < 4.78 is 48.5. The predicted molar refractivity (Wildman–Crippen MR) is 37.9 cm³/mol. The molecule has 0 radical (unpaired) electrons. The van der Waals surface area contributed by atoms with Crippen LogP contribution in [0.2, 0.25) is 5.15 Å². The van der Waals surface area contributed by atoms with Gasteiger partial charge in [0, 0.05) is 6.20 Å². The third-order valence-electron chi connectivity index (χ3n) is 1.23. The molecule has 0 aliphatic carbocycles. The van der Waals surface area contributed by atoms with Crippen LogP contribution >= 0.6 is 11.6 Å². The molecule has 1 nitrogen and oxygen atoms in total. The van der Waals surface area contributed by atoms with Crippen LogP contribution in [-0.2, 0) is 0 Å². The molecule has 0 aromatic carbocycles. The first kappa shape index (κ1) is 13.9. The Kier molecular flexibility index (Phi) is 5.42. The number of aromatic nitrogens is 1. The van der Waals surface area contributed by atoms with Gasteiger partial charge in [0.1, 0.15) is 5.82 Å². The number of halogens is 5. The van der Waals surface area contributed by atoms with E-state index in [0.717, 1.165) is 6.20 Å². The minimum Gasteiger partial charge on any atom is -0.445 e. The van der Waals surface area contributed by atoms with E-state index in [1.54, 1.807) is 0 Å². The van der Waals surface area contributed by atoms with Crippen LogP contribution in [0.15, 0.2) is 12.3 Å². The maximum Gasteiger partial charge on any atom is 1.00 e. The van der Waals surface area contributed by atoms with Gasteiger partial charge in [-0.2, -0.15) is 0 Å². The largest absolute Gasteiger partial charge is 1.00 e. The molecular formula is C5H2BClF4KN. The number of hydrogen-bond acceptors (Lipinski definition) is 1. The van der Waals surface area contributed by atoms with Crippen LogP contribution in [0, 0.1) is 5.82 Å². The molecule has 0 aliphatic rings. The molecule has 1 aromatic heterocycles. The van der Waals surface area contributed by atoms with Gasteiger partial charge in [-0.15, -0.1) is 0 Å². The second-order valence-corrected chi connectivity index (χ2v) is 2.44.